The monoisotopic (exact) mass is 312 g/mol. The van der Waals surface area contributed by atoms with Crippen LogP contribution in [-0.4, -0.2) is 47.9 Å². The maximum absolute atomic E-state index is 12.0. The summed E-state index contributed by atoms with van der Waals surface area (Å²) >= 11 is 3.30. The van der Waals surface area contributed by atoms with Gasteiger partial charge in [0.15, 0.2) is 0 Å². The van der Waals surface area contributed by atoms with Gasteiger partial charge in [0.1, 0.15) is 5.82 Å². The molecule has 2 heterocycles. The van der Waals surface area contributed by atoms with Crippen molar-refractivity contribution < 1.29 is 9.59 Å². The molecule has 0 unspecified atom stereocenters. The number of rotatable bonds is 3. The molecule has 1 aliphatic heterocycles. The molecule has 0 bridgehead atoms. The van der Waals surface area contributed by atoms with Crippen LogP contribution in [0.5, 0.6) is 0 Å². The molecule has 2 N–H and O–H groups in total. The van der Waals surface area contributed by atoms with Crippen molar-refractivity contribution >= 4 is 33.6 Å². The number of pyridine rings is 1. The van der Waals surface area contributed by atoms with Crippen molar-refractivity contribution in [3.05, 3.63) is 22.8 Å². The number of amides is 2. The van der Waals surface area contributed by atoms with Gasteiger partial charge in [-0.05, 0) is 28.1 Å². The van der Waals surface area contributed by atoms with Crippen molar-refractivity contribution in [3.63, 3.8) is 0 Å². The van der Waals surface area contributed by atoms with Crippen LogP contribution in [0.1, 0.15) is 0 Å². The molecule has 0 saturated carbocycles. The fourth-order valence-electron chi connectivity index (χ4n) is 1.85. The first-order chi connectivity index (χ1) is 8.56. The Morgan fingerprint density at radius 1 is 1.44 bits per heavy atom. The molecule has 0 radical (unpaired) electrons. The van der Waals surface area contributed by atoms with Crippen molar-refractivity contribution in [3.8, 4) is 0 Å². The van der Waals surface area contributed by atoms with Crippen LogP contribution in [0, 0.1) is 0 Å². The lowest BCUT2D eigenvalue weighted by molar-refractivity contribution is -0.123. The highest BCUT2D eigenvalue weighted by Gasteiger charge is 2.26. The number of anilines is 1. The largest absolute Gasteiger partial charge is 0.369 e. The van der Waals surface area contributed by atoms with Crippen LogP contribution >= 0.6 is 15.9 Å². The van der Waals surface area contributed by atoms with Crippen LogP contribution in [0.15, 0.2) is 22.8 Å². The van der Waals surface area contributed by atoms with Gasteiger partial charge in [0.05, 0.1) is 13.1 Å². The molecule has 0 aliphatic carbocycles. The maximum Gasteiger partial charge on any atom is 0.242 e. The van der Waals surface area contributed by atoms with E-state index in [-0.39, 0.29) is 19.0 Å². The molecule has 1 saturated heterocycles. The first-order valence-electron chi connectivity index (χ1n) is 5.49. The van der Waals surface area contributed by atoms with Crippen LogP contribution < -0.4 is 10.6 Å². The number of carbonyl (C=O) groups excluding carboxylic acids is 2. The molecule has 6 nitrogen and oxygen atoms in total. The van der Waals surface area contributed by atoms with Crippen molar-refractivity contribution in [1.82, 2.24) is 9.88 Å². The fourth-order valence-corrected chi connectivity index (χ4v) is 2.08. The van der Waals surface area contributed by atoms with E-state index in [0.29, 0.717) is 18.9 Å². The summed E-state index contributed by atoms with van der Waals surface area (Å²) in [6.07, 6.45) is 1.65. The van der Waals surface area contributed by atoms with Gasteiger partial charge in [0.2, 0.25) is 11.8 Å². The second-order valence-corrected chi connectivity index (χ2v) is 4.97. The third kappa shape index (κ3) is 3.05. The van der Waals surface area contributed by atoms with E-state index in [1.54, 1.807) is 22.1 Å². The van der Waals surface area contributed by atoms with Crippen LogP contribution in [0.4, 0.5) is 5.82 Å². The van der Waals surface area contributed by atoms with Gasteiger partial charge < -0.3 is 5.73 Å². The third-order valence-corrected chi connectivity index (χ3v) is 3.14. The molecule has 0 spiro atoms. The van der Waals surface area contributed by atoms with E-state index >= 15 is 0 Å². The summed E-state index contributed by atoms with van der Waals surface area (Å²) in [6, 6.07) is 3.62. The lowest BCUT2D eigenvalue weighted by Gasteiger charge is -2.32. The quantitative estimate of drug-likeness (QED) is 0.850. The molecule has 2 amide bonds. The summed E-state index contributed by atoms with van der Waals surface area (Å²) in [5.41, 5.74) is 5.11. The van der Waals surface area contributed by atoms with Gasteiger partial charge in [-0.3, -0.25) is 19.4 Å². The van der Waals surface area contributed by atoms with Crippen molar-refractivity contribution in [2.45, 2.75) is 0 Å². The zero-order valence-electron chi connectivity index (χ0n) is 9.67. The number of piperazine rings is 1. The number of hydrogen-bond donors (Lipinski definition) is 1. The molecule has 1 aliphatic rings. The van der Waals surface area contributed by atoms with Gasteiger partial charge in [-0.15, -0.1) is 0 Å². The van der Waals surface area contributed by atoms with Crippen LogP contribution in [0.2, 0.25) is 0 Å². The molecule has 18 heavy (non-hydrogen) atoms. The number of nitrogens with zero attached hydrogens (tertiary/aromatic N) is 3. The molecule has 2 rings (SSSR count). The maximum atomic E-state index is 12.0. The van der Waals surface area contributed by atoms with E-state index in [9.17, 15) is 9.59 Å². The zero-order chi connectivity index (χ0) is 13.1. The SMILES string of the molecule is NC(=O)CN1CCN(c2ccc(Br)cn2)C(=O)C1. The fraction of sp³-hybridized carbons (Fsp3) is 0.364. The Morgan fingerprint density at radius 2 is 2.22 bits per heavy atom. The van der Waals surface area contributed by atoms with Crippen LogP contribution in [0.3, 0.4) is 0 Å². The first kappa shape index (κ1) is 13.0. The van der Waals surface area contributed by atoms with Gasteiger partial charge in [0, 0.05) is 23.8 Å². The Kier molecular flexibility index (Phi) is 3.93. The zero-order valence-corrected chi connectivity index (χ0v) is 11.3. The van der Waals surface area contributed by atoms with Gasteiger partial charge in [-0.1, -0.05) is 0 Å². The Labute approximate surface area is 113 Å². The van der Waals surface area contributed by atoms with E-state index in [4.69, 9.17) is 5.73 Å². The molecular weight excluding hydrogens is 300 g/mol. The highest BCUT2D eigenvalue weighted by atomic mass is 79.9. The van der Waals surface area contributed by atoms with Crippen molar-refractivity contribution in [1.29, 1.82) is 0 Å². The number of nitrogens with two attached hydrogens (primary N) is 1. The standard InChI is InChI=1S/C11H13BrN4O2/c12-8-1-2-10(14-5-8)16-4-3-15(6-9(13)17)7-11(16)18/h1-2,5H,3-4,6-7H2,(H2,13,17). The Bertz CT molecular complexity index is 463. The normalized spacial score (nSPS) is 16.9. The Balaban J connectivity index is 2.03. The average molecular weight is 313 g/mol. The minimum absolute atomic E-state index is 0.0719. The molecule has 0 atom stereocenters. The van der Waals surface area contributed by atoms with E-state index in [0.717, 1.165) is 4.47 Å². The number of primary amides is 1. The first-order valence-corrected chi connectivity index (χ1v) is 6.28. The van der Waals surface area contributed by atoms with Crippen molar-refractivity contribution in [2.24, 2.45) is 5.73 Å². The summed E-state index contributed by atoms with van der Waals surface area (Å²) in [4.78, 5) is 30.3. The molecule has 1 aromatic heterocycles. The second-order valence-electron chi connectivity index (χ2n) is 4.06. The lowest BCUT2D eigenvalue weighted by Crippen LogP contribution is -2.52. The van der Waals surface area contributed by atoms with Gasteiger partial charge in [-0.25, -0.2) is 4.98 Å². The molecule has 0 aromatic carbocycles. The minimum atomic E-state index is -0.419. The summed E-state index contributed by atoms with van der Waals surface area (Å²) in [5, 5.41) is 0. The van der Waals surface area contributed by atoms with E-state index < -0.39 is 5.91 Å². The van der Waals surface area contributed by atoms with Crippen LogP contribution in [-0.2, 0) is 9.59 Å². The summed E-state index contributed by atoms with van der Waals surface area (Å²) in [5.74, 6) is 0.136. The van der Waals surface area contributed by atoms with E-state index in [2.05, 4.69) is 20.9 Å². The van der Waals surface area contributed by atoms with Crippen molar-refractivity contribution in [2.75, 3.05) is 31.1 Å². The molecular formula is C11H13BrN4O2. The average Bonchev–Trinajstić information content (AvgIpc) is 2.30. The van der Waals surface area contributed by atoms with Gasteiger partial charge in [-0.2, -0.15) is 0 Å². The number of carbonyl (C=O) groups is 2. The van der Waals surface area contributed by atoms with Crippen LogP contribution in [0.25, 0.3) is 0 Å². The highest BCUT2D eigenvalue weighted by Crippen LogP contribution is 2.17. The van der Waals surface area contributed by atoms with E-state index in [1.165, 1.54) is 0 Å². The number of hydrogen-bond acceptors (Lipinski definition) is 4. The molecule has 7 heteroatoms. The number of aromatic nitrogens is 1. The Hall–Kier alpha value is -1.47. The third-order valence-electron chi connectivity index (χ3n) is 2.67. The van der Waals surface area contributed by atoms with Gasteiger partial charge in [0.25, 0.3) is 0 Å². The second kappa shape index (κ2) is 5.45. The molecule has 1 fully saturated rings. The number of halogens is 1. The van der Waals surface area contributed by atoms with E-state index in [1.807, 2.05) is 6.07 Å². The summed E-state index contributed by atoms with van der Waals surface area (Å²) < 4.78 is 0.867. The predicted octanol–water partition coefficient (Wildman–Crippen LogP) is -0.0220. The lowest BCUT2D eigenvalue weighted by atomic mass is 10.3. The summed E-state index contributed by atoms with van der Waals surface area (Å²) in [6.45, 7) is 1.45. The smallest absolute Gasteiger partial charge is 0.242 e. The summed E-state index contributed by atoms with van der Waals surface area (Å²) in [7, 11) is 0. The predicted molar refractivity (Wildman–Crippen MR) is 69.9 cm³/mol. The molecule has 96 valence electrons. The topological polar surface area (TPSA) is 79.5 Å². The molecule has 1 aromatic rings. The highest BCUT2D eigenvalue weighted by molar-refractivity contribution is 9.10. The minimum Gasteiger partial charge on any atom is -0.369 e. The van der Waals surface area contributed by atoms with Gasteiger partial charge >= 0.3 is 0 Å². The Morgan fingerprint density at radius 3 is 2.78 bits per heavy atom.